The van der Waals surface area contributed by atoms with E-state index in [9.17, 15) is 14.0 Å². The van der Waals surface area contributed by atoms with Gasteiger partial charge in [-0.1, -0.05) is 25.1 Å². The molecule has 2 aromatic carbocycles. The minimum Gasteiger partial charge on any atom is -0.326 e. The molecule has 0 unspecified atom stereocenters. The van der Waals surface area contributed by atoms with Gasteiger partial charge >= 0.3 is 0 Å². The predicted molar refractivity (Wildman–Crippen MR) is 124 cm³/mol. The van der Waals surface area contributed by atoms with Gasteiger partial charge in [0.2, 0.25) is 5.91 Å². The third-order valence-corrected chi connectivity index (χ3v) is 5.77. The van der Waals surface area contributed by atoms with Gasteiger partial charge in [0.25, 0.3) is 5.56 Å². The van der Waals surface area contributed by atoms with Gasteiger partial charge in [-0.25, -0.2) is 9.37 Å². The number of aryl methyl sites for hydroxylation is 3. The van der Waals surface area contributed by atoms with Crippen LogP contribution in [0.1, 0.15) is 30.2 Å². The van der Waals surface area contributed by atoms with Crippen molar-refractivity contribution in [2.75, 3.05) is 5.32 Å². The first-order valence-electron chi connectivity index (χ1n) is 10.6. The van der Waals surface area contributed by atoms with E-state index in [-0.39, 0.29) is 30.2 Å². The molecule has 2 aromatic heterocycles. The van der Waals surface area contributed by atoms with Crippen molar-refractivity contribution >= 4 is 22.6 Å². The van der Waals surface area contributed by atoms with Crippen LogP contribution in [0.4, 0.5) is 10.1 Å². The molecule has 0 radical (unpaired) electrons. The number of benzene rings is 2. The number of hydrogen-bond donors (Lipinski definition) is 1. The summed E-state index contributed by atoms with van der Waals surface area (Å²) in [6.45, 7) is 6.02. The van der Waals surface area contributed by atoms with Crippen LogP contribution in [0.25, 0.3) is 16.7 Å². The molecule has 0 bridgehead atoms. The Labute approximate surface area is 185 Å². The van der Waals surface area contributed by atoms with E-state index in [0.717, 1.165) is 23.4 Å². The maximum atomic E-state index is 13.8. The van der Waals surface area contributed by atoms with E-state index < -0.39 is 0 Å². The number of anilines is 1. The largest absolute Gasteiger partial charge is 0.326 e. The molecule has 1 N–H and O–H groups in total. The van der Waals surface area contributed by atoms with E-state index in [2.05, 4.69) is 17.2 Å². The van der Waals surface area contributed by atoms with E-state index in [1.165, 1.54) is 28.6 Å². The molecule has 2 heterocycles. The highest BCUT2D eigenvalue weighted by Gasteiger charge is 2.18. The summed E-state index contributed by atoms with van der Waals surface area (Å²) in [4.78, 5) is 30.0. The summed E-state index contributed by atoms with van der Waals surface area (Å²) in [5.74, 6) is -0.531. The van der Waals surface area contributed by atoms with Crippen LogP contribution in [0.3, 0.4) is 0 Å². The second kappa shape index (κ2) is 8.78. The molecule has 0 atom stereocenters. The van der Waals surface area contributed by atoms with Crippen molar-refractivity contribution in [3.63, 3.8) is 0 Å². The Bertz CT molecular complexity index is 1350. The molecular formula is C25H25FN4O2. The molecule has 0 fully saturated rings. The second-order valence-corrected chi connectivity index (χ2v) is 7.82. The van der Waals surface area contributed by atoms with Gasteiger partial charge < -0.3 is 5.32 Å². The molecule has 1 amide bonds. The Morgan fingerprint density at radius 1 is 1.12 bits per heavy atom. The normalized spacial score (nSPS) is 11.1. The Morgan fingerprint density at radius 2 is 1.88 bits per heavy atom. The molecule has 0 aliphatic carbocycles. The fraction of sp³-hybridized carbons (Fsp3) is 0.240. The number of rotatable bonds is 6. The van der Waals surface area contributed by atoms with Gasteiger partial charge in [0.1, 0.15) is 5.82 Å². The second-order valence-electron chi connectivity index (χ2n) is 7.82. The molecule has 0 saturated heterocycles. The smallest absolute Gasteiger partial charge is 0.263 e. The SMILES string of the molecule is CCc1ccc(NC(=O)CCn2cnc3c(c(C)c(C)n3-c3cccc(F)c3)c2=O)cc1. The monoisotopic (exact) mass is 432 g/mol. The predicted octanol–water partition coefficient (Wildman–Crippen LogP) is 4.53. The van der Waals surface area contributed by atoms with Gasteiger partial charge in [0.05, 0.1) is 17.4 Å². The molecule has 0 saturated carbocycles. The van der Waals surface area contributed by atoms with E-state index in [4.69, 9.17) is 0 Å². The summed E-state index contributed by atoms with van der Waals surface area (Å²) in [6, 6.07) is 13.9. The van der Waals surface area contributed by atoms with Crippen LogP contribution >= 0.6 is 0 Å². The van der Waals surface area contributed by atoms with Crippen molar-refractivity contribution in [1.82, 2.24) is 14.1 Å². The molecule has 0 spiro atoms. The standard InChI is InChI=1S/C25H25FN4O2/c1-4-18-8-10-20(11-9-18)28-22(31)12-13-29-15-27-24-23(25(29)32)16(2)17(3)30(24)21-7-5-6-19(26)14-21/h5-11,14-15H,4,12-13H2,1-3H3,(H,28,31). The Balaban J connectivity index is 1.58. The lowest BCUT2D eigenvalue weighted by Crippen LogP contribution is -2.24. The van der Waals surface area contributed by atoms with Gasteiger partial charge in [-0.3, -0.25) is 18.7 Å². The summed E-state index contributed by atoms with van der Waals surface area (Å²) in [7, 11) is 0. The van der Waals surface area contributed by atoms with E-state index >= 15 is 0 Å². The third kappa shape index (κ3) is 4.06. The number of nitrogens with one attached hydrogen (secondary N) is 1. The first-order chi connectivity index (χ1) is 15.4. The quantitative estimate of drug-likeness (QED) is 0.487. The van der Waals surface area contributed by atoms with Crippen molar-refractivity contribution in [3.8, 4) is 5.69 Å². The molecule has 32 heavy (non-hydrogen) atoms. The molecule has 4 aromatic rings. The highest BCUT2D eigenvalue weighted by molar-refractivity contribution is 5.90. The summed E-state index contributed by atoms with van der Waals surface area (Å²) in [5.41, 5.74) is 4.41. The van der Waals surface area contributed by atoms with Gasteiger partial charge in [-0.2, -0.15) is 0 Å². The summed E-state index contributed by atoms with van der Waals surface area (Å²) >= 11 is 0. The van der Waals surface area contributed by atoms with Gasteiger partial charge in [-0.15, -0.1) is 0 Å². The van der Waals surface area contributed by atoms with E-state index in [0.29, 0.717) is 16.7 Å². The lowest BCUT2D eigenvalue weighted by molar-refractivity contribution is -0.116. The first kappa shape index (κ1) is 21.5. The van der Waals surface area contributed by atoms with Crippen LogP contribution in [0.2, 0.25) is 0 Å². The number of nitrogens with zero attached hydrogens (tertiary/aromatic N) is 3. The molecule has 0 aliphatic rings. The number of fused-ring (bicyclic) bond motifs is 1. The minimum atomic E-state index is -0.356. The number of carbonyl (C=O) groups excluding carboxylic acids is 1. The average Bonchev–Trinajstić information content (AvgIpc) is 3.04. The Hall–Kier alpha value is -3.74. The lowest BCUT2D eigenvalue weighted by Gasteiger charge is -2.09. The van der Waals surface area contributed by atoms with Crippen LogP contribution in [0, 0.1) is 19.7 Å². The van der Waals surface area contributed by atoms with E-state index in [1.54, 1.807) is 16.7 Å². The van der Waals surface area contributed by atoms with Crippen molar-refractivity contribution in [2.45, 2.75) is 40.2 Å². The Morgan fingerprint density at radius 3 is 2.56 bits per heavy atom. The molecule has 6 nitrogen and oxygen atoms in total. The maximum absolute atomic E-state index is 13.8. The third-order valence-electron chi connectivity index (χ3n) is 5.77. The van der Waals surface area contributed by atoms with Crippen LogP contribution < -0.4 is 10.9 Å². The van der Waals surface area contributed by atoms with Gasteiger partial charge in [0, 0.05) is 24.3 Å². The number of aromatic nitrogens is 3. The van der Waals surface area contributed by atoms with Crippen LogP contribution in [-0.2, 0) is 17.8 Å². The summed E-state index contributed by atoms with van der Waals surface area (Å²) in [5, 5.41) is 3.33. The number of halogens is 1. The van der Waals surface area contributed by atoms with Crippen LogP contribution in [0.15, 0.2) is 59.7 Å². The highest BCUT2D eigenvalue weighted by atomic mass is 19.1. The first-order valence-corrected chi connectivity index (χ1v) is 10.6. The molecule has 7 heteroatoms. The van der Waals surface area contributed by atoms with Gasteiger partial charge in [-0.05, 0) is 61.7 Å². The van der Waals surface area contributed by atoms with Crippen LogP contribution in [0.5, 0.6) is 0 Å². The fourth-order valence-electron chi connectivity index (χ4n) is 3.85. The summed E-state index contributed by atoms with van der Waals surface area (Å²) in [6.07, 6.45) is 2.53. The minimum absolute atomic E-state index is 0.144. The molecule has 164 valence electrons. The van der Waals surface area contributed by atoms with Crippen molar-refractivity contribution in [3.05, 3.63) is 87.9 Å². The van der Waals surface area contributed by atoms with Crippen molar-refractivity contribution in [1.29, 1.82) is 0 Å². The number of amides is 1. The zero-order chi connectivity index (χ0) is 22.8. The van der Waals surface area contributed by atoms with Crippen LogP contribution in [-0.4, -0.2) is 20.0 Å². The zero-order valence-electron chi connectivity index (χ0n) is 18.4. The molecule has 0 aliphatic heterocycles. The fourth-order valence-corrected chi connectivity index (χ4v) is 3.85. The molecule has 4 rings (SSSR count). The van der Waals surface area contributed by atoms with Crippen molar-refractivity contribution in [2.24, 2.45) is 0 Å². The summed E-state index contributed by atoms with van der Waals surface area (Å²) < 4.78 is 17.0. The van der Waals surface area contributed by atoms with Crippen molar-refractivity contribution < 1.29 is 9.18 Å². The zero-order valence-corrected chi connectivity index (χ0v) is 18.4. The van der Waals surface area contributed by atoms with Gasteiger partial charge in [0.15, 0.2) is 5.65 Å². The highest BCUT2D eigenvalue weighted by Crippen LogP contribution is 2.25. The topological polar surface area (TPSA) is 68.9 Å². The number of carbonyl (C=O) groups is 1. The van der Waals surface area contributed by atoms with E-state index in [1.807, 2.05) is 38.1 Å². The molecular weight excluding hydrogens is 407 g/mol. The Kier molecular flexibility index (Phi) is 5.90. The average molecular weight is 432 g/mol. The maximum Gasteiger partial charge on any atom is 0.263 e. The lowest BCUT2D eigenvalue weighted by atomic mass is 10.1. The number of hydrogen-bond acceptors (Lipinski definition) is 3.